The van der Waals surface area contributed by atoms with E-state index in [-0.39, 0.29) is 31.0 Å². The number of fused-ring (bicyclic) bond motifs is 1. The molecule has 0 bridgehead atoms. The fraction of sp³-hybridized carbons (Fsp3) is 0.308. The summed E-state index contributed by atoms with van der Waals surface area (Å²) in [5, 5.41) is 13.5. The smallest absolute Gasteiger partial charge is 0.305 e. The van der Waals surface area contributed by atoms with Crippen LogP contribution in [0.1, 0.15) is 24.3 Å². The molecule has 3 N–H and O–H groups in total. The average molecular weight is 280 g/mol. The maximum atomic E-state index is 13.1. The van der Waals surface area contributed by atoms with Gasteiger partial charge in [-0.3, -0.25) is 14.4 Å². The van der Waals surface area contributed by atoms with E-state index in [0.717, 1.165) is 6.07 Å². The van der Waals surface area contributed by atoms with Gasteiger partial charge in [0.15, 0.2) is 0 Å². The van der Waals surface area contributed by atoms with Crippen molar-refractivity contribution in [3.8, 4) is 0 Å². The Bertz CT molecular complexity index is 573. The molecule has 0 saturated carbocycles. The van der Waals surface area contributed by atoms with E-state index in [0.29, 0.717) is 5.56 Å². The third-order valence-electron chi connectivity index (χ3n) is 3.01. The molecule has 20 heavy (non-hydrogen) atoms. The average Bonchev–Trinajstić information content (AvgIpc) is 2.36. The molecular weight excluding hydrogens is 267 g/mol. The van der Waals surface area contributed by atoms with Gasteiger partial charge in [0.2, 0.25) is 11.8 Å². The van der Waals surface area contributed by atoms with Crippen molar-refractivity contribution in [2.75, 3.05) is 11.9 Å². The van der Waals surface area contributed by atoms with Crippen LogP contribution in [-0.2, 0) is 14.4 Å². The van der Waals surface area contributed by atoms with Crippen LogP contribution in [0.5, 0.6) is 0 Å². The second kappa shape index (κ2) is 5.68. The lowest BCUT2D eigenvalue weighted by molar-refractivity contribution is -0.137. The second-order valence-electron chi connectivity index (χ2n) is 4.47. The van der Waals surface area contributed by atoms with Crippen molar-refractivity contribution in [3.63, 3.8) is 0 Å². The maximum Gasteiger partial charge on any atom is 0.305 e. The number of carbonyl (C=O) groups is 3. The van der Waals surface area contributed by atoms with Crippen LogP contribution in [0.4, 0.5) is 10.1 Å². The Hall–Kier alpha value is -2.44. The zero-order valence-corrected chi connectivity index (χ0v) is 10.5. The minimum absolute atomic E-state index is 0.0111. The summed E-state index contributed by atoms with van der Waals surface area (Å²) in [6, 6.07) is 3.82. The summed E-state index contributed by atoms with van der Waals surface area (Å²) in [6.45, 7) is -0.0111. The van der Waals surface area contributed by atoms with Gasteiger partial charge in [-0.1, -0.05) is 6.07 Å². The molecular formula is C13H13FN2O4. The van der Waals surface area contributed by atoms with Crippen molar-refractivity contribution in [1.82, 2.24) is 5.32 Å². The Labute approximate surface area is 114 Å². The number of hydrogen-bond donors (Lipinski definition) is 3. The van der Waals surface area contributed by atoms with Crippen molar-refractivity contribution >= 4 is 23.5 Å². The van der Waals surface area contributed by atoms with E-state index in [9.17, 15) is 18.8 Å². The molecule has 2 rings (SSSR count). The number of amides is 2. The van der Waals surface area contributed by atoms with Gasteiger partial charge in [0.25, 0.3) is 0 Å². The molecule has 0 fully saturated rings. The zero-order valence-electron chi connectivity index (χ0n) is 10.5. The molecule has 0 aliphatic carbocycles. The molecule has 7 heteroatoms. The molecule has 0 radical (unpaired) electrons. The number of halogens is 1. The van der Waals surface area contributed by atoms with Crippen molar-refractivity contribution in [1.29, 1.82) is 0 Å². The molecule has 0 aromatic heterocycles. The fourth-order valence-electron chi connectivity index (χ4n) is 2.09. The van der Waals surface area contributed by atoms with Gasteiger partial charge < -0.3 is 15.7 Å². The molecule has 0 spiro atoms. The lowest BCUT2D eigenvalue weighted by Gasteiger charge is -2.24. The van der Waals surface area contributed by atoms with E-state index in [2.05, 4.69) is 10.6 Å². The first-order valence-corrected chi connectivity index (χ1v) is 6.06. The summed E-state index contributed by atoms with van der Waals surface area (Å²) in [4.78, 5) is 33.9. The van der Waals surface area contributed by atoms with Gasteiger partial charge in [-0.15, -0.1) is 0 Å². The highest BCUT2D eigenvalue weighted by Gasteiger charge is 2.30. The number of benzene rings is 1. The zero-order chi connectivity index (χ0) is 14.7. The molecule has 106 valence electrons. The summed E-state index contributed by atoms with van der Waals surface area (Å²) in [5.74, 6) is -3.06. The summed E-state index contributed by atoms with van der Waals surface area (Å²) in [6.07, 6.45) is -0.238. The largest absolute Gasteiger partial charge is 0.481 e. The van der Waals surface area contributed by atoms with Crippen LogP contribution < -0.4 is 10.6 Å². The Kier molecular flexibility index (Phi) is 3.97. The number of carboxylic acid groups (broad SMARTS) is 1. The minimum atomic E-state index is -1.02. The van der Waals surface area contributed by atoms with Gasteiger partial charge in [0.05, 0.1) is 12.3 Å². The molecule has 6 nitrogen and oxygen atoms in total. The molecule has 1 heterocycles. The summed E-state index contributed by atoms with van der Waals surface area (Å²) in [5.41, 5.74) is 0.804. The number of aliphatic carboxylic acids is 1. The Balaban J connectivity index is 2.14. The van der Waals surface area contributed by atoms with Gasteiger partial charge in [0.1, 0.15) is 5.82 Å². The summed E-state index contributed by atoms with van der Waals surface area (Å²) >= 11 is 0. The number of nitrogens with one attached hydrogen (secondary N) is 2. The molecule has 1 aromatic carbocycles. The van der Waals surface area contributed by atoms with E-state index < -0.39 is 23.6 Å². The predicted molar refractivity (Wildman–Crippen MR) is 67.7 cm³/mol. The highest BCUT2D eigenvalue weighted by molar-refractivity contribution is 6.01. The van der Waals surface area contributed by atoms with E-state index in [1.54, 1.807) is 0 Å². The van der Waals surface area contributed by atoms with Crippen molar-refractivity contribution in [2.45, 2.75) is 18.8 Å². The second-order valence-corrected chi connectivity index (χ2v) is 4.47. The van der Waals surface area contributed by atoms with Crippen LogP contribution in [0.3, 0.4) is 0 Å². The molecule has 1 unspecified atom stereocenters. The molecule has 1 aliphatic rings. The number of anilines is 1. The topological polar surface area (TPSA) is 95.5 Å². The third-order valence-corrected chi connectivity index (χ3v) is 3.01. The van der Waals surface area contributed by atoms with Crippen LogP contribution in [0.15, 0.2) is 18.2 Å². The quantitative estimate of drug-likeness (QED) is 0.761. The third kappa shape index (κ3) is 3.11. The maximum absolute atomic E-state index is 13.1. The molecule has 1 aromatic rings. The summed E-state index contributed by atoms with van der Waals surface area (Å²) < 4.78 is 13.1. The van der Waals surface area contributed by atoms with Crippen molar-refractivity contribution in [3.05, 3.63) is 29.6 Å². The lowest BCUT2D eigenvalue weighted by Crippen LogP contribution is -2.36. The molecule has 2 amide bonds. The van der Waals surface area contributed by atoms with Gasteiger partial charge in [0, 0.05) is 18.7 Å². The predicted octanol–water partition coefficient (Wildman–Crippen LogP) is 0.842. The van der Waals surface area contributed by atoms with Crippen LogP contribution in [0, 0.1) is 5.82 Å². The SMILES string of the molecule is O=C(O)CCNC(=O)C1CC(=O)Nc2cc(F)ccc21. The molecule has 1 aliphatic heterocycles. The van der Waals surface area contributed by atoms with Gasteiger partial charge >= 0.3 is 5.97 Å². The first kappa shape index (κ1) is 14.0. The van der Waals surface area contributed by atoms with Crippen LogP contribution in [0.25, 0.3) is 0 Å². The normalized spacial score (nSPS) is 17.1. The lowest BCUT2D eigenvalue weighted by atomic mass is 9.89. The van der Waals surface area contributed by atoms with Crippen molar-refractivity contribution < 1.29 is 23.9 Å². The summed E-state index contributed by atoms with van der Waals surface area (Å²) in [7, 11) is 0. The highest BCUT2D eigenvalue weighted by Crippen LogP contribution is 2.32. The van der Waals surface area contributed by atoms with Crippen molar-refractivity contribution in [2.24, 2.45) is 0 Å². The van der Waals surface area contributed by atoms with Crippen LogP contribution in [-0.4, -0.2) is 29.4 Å². The Morgan fingerprint density at radius 1 is 1.45 bits per heavy atom. The standard InChI is InChI=1S/C13H13FN2O4/c14-7-1-2-8-9(6-11(17)16-10(8)5-7)13(20)15-4-3-12(18)19/h1-2,5,9H,3-4,6H2,(H,15,20)(H,16,17)(H,18,19). The minimum Gasteiger partial charge on any atom is -0.481 e. The highest BCUT2D eigenvalue weighted by atomic mass is 19.1. The number of hydrogen-bond acceptors (Lipinski definition) is 3. The van der Waals surface area contributed by atoms with Gasteiger partial charge in [-0.2, -0.15) is 0 Å². The number of rotatable bonds is 4. The Morgan fingerprint density at radius 2 is 2.20 bits per heavy atom. The number of carboxylic acids is 1. The van der Waals surface area contributed by atoms with Gasteiger partial charge in [-0.25, -0.2) is 4.39 Å². The monoisotopic (exact) mass is 280 g/mol. The van der Waals surface area contributed by atoms with Crippen LogP contribution in [0.2, 0.25) is 0 Å². The first-order chi connectivity index (χ1) is 9.47. The van der Waals surface area contributed by atoms with Crippen LogP contribution >= 0.6 is 0 Å². The van der Waals surface area contributed by atoms with E-state index in [1.165, 1.54) is 12.1 Å². The first-order valence-electron chi connectivity index (χ1n) is 6.06. The Morgan fingerprint density at radius 3 is 2.90 bits per heavy atom. The van der Waals surface area contributed by atoms with E-state index in [4.69, 9.17) is 5.11 Å². The fourth-order valence-corrected chi connectivity index (χ4v) is 2.09. The van der Waals surface area contributed by atoms with Gasteiger partial charge in [-0.05, 0) is 17.7 Å². The number of carbonyl (C=O) groups excluding carboxylic acids is 2. The molecule has 1 atom stereocenters. The van der Waals surface area contributed by atoms with E-state index in [1.807, 2.05) is 0 Å². The van der Waals surface area contributed by atoms with E-state index >= 15 is 0 Å². The molecule has 0 saturated heterocycles.